The first-order chi connectivity index (χ1) is 10.7. The molecule has 0 saturated carbocycles. The quantitative estimate of drug-likeness (QED) is 0.575. The van der Waals surface area contributed by atoms with E-state index in [0.29, 0.717) is 17.8 Å². The normalized spacial score (nSPS) is 10.8. The van der Waals surface area contributed by atoms with Crippen molar-refractivity contribution in [3.63, 3.8) is 0 Å². The van der Waals surface area contributed by atoms with Crippen molar-refractivity contribution in [2.24, 2.45) is 5.73 Å². The monoisotopic (exact) mass is 315 g/mol. The van der Waals surface area contributed by atoms with E-state index in [2.05, 4.69) is 10.3 Å². The minimum absolute atomic E-state index is 0.0179. The first-order valence-electron chi connectivity index (χ1n) is 6.60. The molecule has 0 aliphatic heterocycles. The summed E-state index contributed by atoms with van der Waals surface area (Å²) in [5.41, 5.74) is 7.90. The van der Waals surface area contributed by atoms with E-state index in [1.807, 2.05) is 17.5 Å². The number of aromatic nitrogens is 3. The lowest BCUT2D eigenvalue weighted by atomic mass is 10.2. The first kappa shape index (κ1) is 14.4. The summed E-state index contributed by atoms with van der Waals surface area (Å²) in [6.45, 7) is 0.273. The molecule has 3 rings (SSSR count). The van der Waals surface area contributed by atoms with Crippen molar-refractivity contribution in [1.82, 2.24) is 15.0 Å². The fourth-order valence-corrected chi connectivity index (χ4v) is 2.90. The van der Waals surface area contributed by atoms with Crippen molar-refractivity contribution in [2.45, 2.75) is 13.0 Å². The minimum Gasteiger partial charge on any atom is -0.325 e. The van der Waals surface area contributed by atoms with Gasteiger partial charge in [0.25, 0.3) is 5.69 Å². The van der Waals surface area contributed by atoms with Crippen molar-refractivity contribution >= 4 is 17.0 Å². The number of nitrogens with zero attached hydrogens (tertiary/aromatic N) is 4. The van der Waals surface area contributed by atoms with Gasteiger partial charge in [-0.3, -0.25) is 10.1 Å². The summed E-state index contributed by atoms with van der Waals surface area (Å²) in [6, 6.07) is 10.3. The van der Waals surface area contributed by atoms with E-state index < -0.39 is 4.92 Å². The summed E-state index contributed by atoms with van der Waals surface area (Å²) in [4.78, 5) is 11.7. The van der Waals surface area contributed by atoms with E-state index in [0.717, 1.165) is 10.6 Å². The molecule has 7 nitrogen and oxygen atoms in total. The maximum absolute atomic E-state index is 10.9. The van der Waals surface area contributed by atoms with Crippen LogP contribution in [0.25, 0.3) is 5.69 Å². The Bertz CT molecular complexity index is 797. The molecule has 0 amide bonds. The van der Waals surface area contributed by atoms with E-state index in [-0.39, 0.29) is 12.2 Å². The molecule has 0 radical (unpaired) electrons. The van der Waals surface area contributed by atoms with Gasteiger partial charge in [0.2, 0.25) is 0 Å². The Hall–Kier alpha value is -2.58. The number of hydrogen-bond donors (Lipinski definition) is 1. The molecule has 0 bridgehead atoms. The van der Waals surface area contributed by atoms with Crippen LogP contribution in [0.5, 0.6) is 0 Å². The van der Waals surface area contributed by atoms with Crippen molar-refractivity contribution in [2.75, 3.05) is 0 Å². The second-order valence-electron chi connectivity index (χ2n) is 4.63. The van der Waals surface area contributed by atoms with Gasteiger partial charge in [0, 0.05) is 30.0 Å². The summed E-state index contributed by atoms with van der Waals surface area (Å²) in [5, 5.41) is 21.1. The van der Waals surface area contributed by atoms with Crippen LogP contribution in [0.4, 0.5) is 5.69 Å². The molecule has 1 aromatic carbocycles. The number of nitro benzene ring substituents is 1. The number of rotatable bonds is 5. The van der Waals surface area contributed by atoms with Crippen LogP contribution in [-0.4, -0.2) is 19.9 Å². The number of non-ortho nitro benzene ring substituents is 1. The van der Waals surface area contributed by atoms with E-state index in [9.17, 15) is 10.1 Å². The highest BCUT2D eigenvalue weighted by Crippen LogP contribution is 2.22. The fourth-order valence-electron chi connectivity index (χ4n) is 2.19. The number of thiophene rings is 1. The molecule has 0 fully saturated rings. The fraction of sp³-hybridized carbons (Fsp3) is 0.143. The van der Waals surface area contributed by atoms with Crippen molar-refractivity contribution < 1.29 is 4.92 Å². The number of nitro groups is 1. The lowest BCUT2D eigenvalue weighted by Gasteiger charge is -2.06. The molecule has 0 saturated heterocycles. The smallest absolute Gasteiger partial charge is 0.271 e. The second kappa shape index (κ2) is 6.04. The largest absolute Gasteiger partial charge is 0.325 e. The highest BCUT2D eigenvalue weighted by molar-refractivity contribution is 7.09. The molecule has 0 unspecified atom stereocenters. The zero-order valence-corrected chi connectivity index (χ0v) is 12.4. The lowest BCUT2D eigenvalue weighted by Crippen LogP contribution is -2.06. The third-order valence-corrected chi connectivity index (χ3v) is 4.12. The Morgan fingerprint density at radius 3 is 2.86 bits per heavy atom. The van der Waals surface area contributed by atoms with Gasteiger partial charge in [-0.2, -0.15) is 0 Å². The summed E-state index contributed by atoms with van der Waals surface area (Å²) in [7, 11) is 0. The van der Waals surface area contributed by atoms with Crippen molar-refractivity contribution in [3.8, 4) is 5.69 Å². The van der Waals surface area contributed by atoms with Crippen molar-refractivity contribution in [1.29, 1.82) is 0 Å². The molecule has 0 atom stereocenters. The molecule has 0 spiro atoms. The highest BCUT2D eigenvalue weighted by atomic mass is 32.1. The van der Waals surface area contributed by atoms with Crippen LogP contribution < -0.4 is 5.73 Å². The molecule has 22 heavy (non-hydrogen) atoms. The van der Waals surface area contributed by atoms with Crippen LogP contribution in [0, 0.1) is 10.1 Å². The molecular formula is C14H13N5O2S. The van der Waals surface area contributed by atoms with Gasteiger partial charge < -0.3 is 5.73 Å². The summed E-state index contributed by atoms with van der Waals surface area (Å²) in [5.74, 6) is 0. The van der Waals surface area contributed by atoms with E-state index in [1.165, 1.54) is 12.1 Å². The number of benzene rings is 1. The highest BCUT2D eigenvalue weighted by Gasteiger charge is 2.16. The molecule has 0 aliphatic carbocycles. The SMILES string of the molecule is NCc1nnn(-c2cccc([N+](=O)[O-])c2)c1Cc1cccs1. The molecule has 2 aromatic heterocycles. The topological polar surface area (TPSA) is 99.9 Å². The Kier molecular flexibility index (Phi) is 3.94. The first-order valence-corrected chi connectivity index (χ1v) is 7.47. The minimum atomic E-state index is -0.427. The molecule has 112 valence electrons. The summed E-state index contributed by atoms with van der Waals surface area (Å²) in [6.07, 6.45) is 0.639. The average Bonchev–Trinajstić information content (AvgIpc) is 3.17. The number of hydrogen-bond acceptors (Lipinski definition) is 6. The van der Waals surface area contributed by atoms with Gasteiger partial charge in [0.05, 0.1) is 16.3 Å². The van der Waals surface area contributed by atoms with Gasteiger partial charge in [-0.1, -0.05) is 17.3 Å². The van der Waals surface area contributed by atoms with Crippen LogP contribution >= 0.6 is 11.3 Å². The zero-order chi connectivity index (χ0) is 15.5. The van der Waals surface area contributed by atoms with E-state index >= 15 is 0 Å². The van der Waals surface area contributed by atoms with E-state index in [4.69, 9.17) is 5.73 Å². The van der Waals surface area contributed by atoms with E-state index in [1.54, 1.807) is 28.2 Å². The molecule has 2 N–H and O–H groups in total. The predicted octanol–water partition coefficient (Wildman–Crippen LogP) is 2.29. The summed E-state index contributed by atoms with van der Waals surface area (Å²) >= 11 is 1.63. The van der Waals surface area contributed by atoms with Gasteiger partial charge >= 0.3 is 0 Å². The third kappa shape index (κ3) is 2.74. The Balaban J connectivity index is 2.05. The molecule has 3 aromatic rings. The molecular weight excluding hydrogens is 302 g/mol. The van der Waals surface area contributed by atoms with Crippen LogP contribution in [0.2, 0.25) is 0 Å². The standard InChI is InChI=1S/C14H13N5O2S/c15-9-13-14(8-12-5-2-6-22-12)18(17-16-13)10-3-1-4-11(7-10)19(20)21/h1-7H,8-9,15H2. The van der Waals surface area contributed by atoms with Crippen LogP contribution in [0.15, 0.2) is 41.8 Å². The van der Waals surface area contributed by atoms with Crippen molar-refractivity contribution in [3.05, 3.63) is 68.2 Å². The molecule has 0 aliphatic rings. The number of nitrogens with two attached hydrogens (primary N) is 1. The van der Waals surface area contributed by atoms with Crippen LogP contribution in [0.3, 0.4) is 0 Å². The molecule has 2 heterocycles. The van der Waals surface area contributed by atoms with Gasteiger partial charge in [-0.25, -0.2) is 4.68 Å². The van der Waals surface area contributed by atoms with Gasteiger partial charge in [-0.05, 0) is 17.5 Å². The van der Waals surface area contributed by atoms with Crippen LogP contribution in [0.1, 0.15) is 16.3 Å². The zero-order valence-electron chi connectivity index (χ0n) is 11.5. The lowest BCUT2D eigenvalue weighted by molar-refractivity contribution is -0.384. The maximum atomic E-state index is 10.9. The molecule has 8 heteroatoms. The van der Waals surface area contributed by atoms with Crippen LogP contribution in [-0.2, 0) is 13.0 Å². The predicted molar refractivity (Wildman–Crippen MR) is 83.0 cm³/mol. The second-order valence-corrected chi connectivity index (χ2v) is 5.66. The Morgan fingerprint density at radius 2 is 2.18 bits per heavy atom. The van der Waals surface area contributed by atoms with Gasteiger partial charge in [-0.15, -0.1) is 16.4 Å². The average molecular weight is 315 g/mol. The Labute approximate surface area is 130 Å². The maximum Gasteiger partial charge on any atom is 0.271 e. The Morgan fingerprint density at radius 1 is 1.32 bits per heavy atom. The summed E-state index contributed by atoms with van der Waals surface area (Å²) < 4.78 is 1.62. The third-order valence-electron chi connectivity index (χ3n) is 3.24. The van der Waals surface area contributed by atoms with Gasteiger partial charge in [0.1, 0.15) is 5.69 Å². The van der Waals surface area contributed by atoms with Gasteiger partial charge in [0.15, 0.2) is 0 Å².